The number of amides is 1. The van der Waals surface area contributed by atoms with Crippen LogP contribution in [-0.2, 0) is 0 Å². The first-order valence-electron chi connectivity index (χ1n) is 9.27. The first-order valence-corrected chi connectivity index (χ1v) is 10.2. The summed E-state index contributed by atoms with van der Waals surface area (Å²) in [5, 5.41) is 2.90. The molecule has 2 aromatic heterocycles. The van der Waals surface area contributed by atoms with Gasteiger partial charge in [-0.25, -0.2) is 4.98 Å². The molecule has 4 rings (SSSR count). The summed E-state index contributed by atoms with van der Waals surface area (Å²) >= 11 is 1.60. The van der Waals surface area contributed by atoms with E-state index in [4.69, 9.17) is 0 Å². The fourth-order valence-corrected chi connectivity index (χ4v) is 5.08. The predicted octanol–water partition coefficient (Wildman–Crippen LogP) is 3.25. The minimum absolute atomic E-state index is 0.168. The van der Waals surface area contributed by atoms with E-state index in [-0.39, 0.29) is 5.91 Å². The van der Waals surface area contributed by atoms with Gasteiger partial charge in [0.2, 0.25) is 0 Å². The van der Waals surface area contributed by atoms with Crippen molar-refractivity contribution in [2.75, 3.05) is 26.2 Å². The zero-order chi connectivity index (χ0) is 17.4. The van der Waals surface area contributed by atoms with Gasteiger partial charge in [-0.05, 0) is 32.8 Å². The number of thiazole rings is 1. The van der Waals surface area contributed by atoms with Crippen molar-refractivity contribution in [3.05, 3.63) is 34.6 Å². The Kier molecular flexibility index (Phi) is 4.65. The molecule has 0 atom stereocenters. The summed E-state index contributed by atoms with van der Waals surface area (Å²) in [6, 6.07) is 2.77. The Balaban J connectivity index is 1.48. The Morgan fingerprint density at radius 2 is 1.88 bits per heavy atom. The van der Waals surface area contributed by atoms with Gasteiger partial charge < -0.3 is 4.90 Å². The first kappa shape index (κ1) is 16.8. The number of carbonyl (C=O) groups is 1. The first-order chi connectivity index (χ1) is 12.1. The van der Waals surface area contributed by atoms with Crippen LogP contribution in [0.25, 0.3) is 5.13 Å². The van der Waals surface area contributed by atoms with Gasteiger partial charge in [0, 0.05) is 55.2 Å². The number of piperazine rings is 1. The maximum Gasteiger partial charge on any atom is 0.255 e. The third-order valence-electron chi connectivity index (χ3n) is 5.71. The fourth-order valence-electron chi connectivity index (χ4n) is 4.33. The van der Waals surface area contributed by atoms with Gasteiger partial charge in [0.15, 0.2) is 5.13 Å². The van der Waals surface area contributed by atoms with E-state index in [2.05, 4.69) is 14.5 Å². The number of rotatable bonds is 3. The van der Waals surface area contributed by atoms with E-state index in [0.29, 0.717) is 0 Å². The van der Waals surface area contributed by atoms with E-state index in [1.54, 1.807) is 11.3 Å². The molecule has 134 valence electrons. The molecule has 0 unspecified atom stereocenters. The lowest BCUT2D eigenvalue weighted by Crippen LogP contribution is -2.51. The molecule has 2 aliphatic rings. The van der Waals surface area contributed by atoms with Crippen LogP contribution in [0.4, 0.5) is 0 Å². The average molecular weight is 359 g/mol. The van der Waals surface area contributed by atoms with Crippen molar-refractivity contribution in [1.82, 2.24) is 19.4 Å². The Morgan fingerprint density at radius 3 is 2.52 bits per heavy atom. The minimum Gasteiger partial charge on any atom is -0.336 e. The molecule has 25 heavy (non-hydrogen) atoms. The van der Waals surface area contributed by atoms with Crippen LogP contribution in [0.5, 0.6) is 0 Å². The van der Waals surface area contributed by atoms with Crippen LogP contribution in [0, 0.1) is 13.8 Å². The molecule has 1 saturated heterocycles. The smallest absolute Gasteiger partial charge is 0.255 e. The van der Waals surface area contributed by atoms with Gasteiger partial charge in [-0.3, -0.25) is 14.3 Å². The predicted molar refractivity (Wildman–Crippen MR) is 101 cm³/mol. The standard InChI is InChI=1S/C19H26N4OS/c1-14-13-17(15(2)23(14)19-20-7-12-25-19)18(24)22-10-8-21(9-11-22)16-5-3-4-6-16/h7,12-13,16H,3-6,8-11H2,1-2H3. The lowest BCUT2D eigenvalue weighted by molar-refractivity contribution is 0.0572. The third-order valence-corrected chi connectivity index (χ3v) is 6.47. The normalized spacial score (nSPS) is 19.7. The molecule has 1 saturated carbocycles. The Morgan fingerprint density at radius 1 is 1.16 bits per heavy atom. The van der Waals surface area contributed by atoms with Gasteiger partial charge in [0.05, 0.1) is 5.56 Å². The second kappa shape index (κ2) is 6.92. The minimum atomic E-state index is 0.168. The molecule has 0 N–H and O–H groups in total. The van der Waals surface area contributed by atoms with Crippen molar-refractivity contribution in [2.45, 2.75) is 45.6 Å². The Labute approximate surface area is 153 Å². The maximum atomic E-state index is 13.1. The third kappa shape index (κ3) is 3.13. The number of aromatic nitrogens is 2. The molecule has 1 aliphatic carbocycles. The molecule has 6 heteroatoms. The van der Waals surface area contributed by atoms with Crippen molar-refractivity contribution in [1.29, 1.82) is 0 Å². The highest BCUT2D eigenvalue weighted by Gasteiger charge is 2.29. The summed E-state index contributed by atoms with van der Waals surface area (Å²) in [7, 11) is 0. The molecule has 1 amide bonds. The van der Waals surface area contributed by atoms with Gasteiger partial charge in [0.1, 0.15) is 0 Å². The summed E-state index contributed by atoms with van der Waals surface area (Å²) in [5.74, 6) is 0.168. The molecule has 5 nitrogen and oxygen atoms in total. The van der Waals surface area contributed by atoms with Gasteiger partial charge in [-0.1, -0.05) is 12.8 Å². The molecule has 0 bridgehead atoms. The van der Waals surface area contributed by atoms with Crippen LogP contribution >= 0.6 is 11.3 Å². The lowest BCUT2D eigenvalue weighted by atomic mass is 10.1. The monoisotopic (exact) mass is 358 g/mol. The molecule has 0 aromatic carbocycles. The quantitative estimate of drug-likeness (QED) is 0.846. The van der Waals surface area contributed by atoms with Crippen molar-refractivity contribution in [3.8, 4) is 5.13 Å². The molecule has 0 spiro atoms. The highest BCUT2D eigenvalue weighted by molar-refractivity contribution is 7.12. The van der Waals surface area contributed by atoms with Crippen molar-refractivity contribution >= 4 is 17.2 Å². The van der Waals surface area contributed by atoms with Crippen LogP contribution in [0.3, 0.4) is 0 Å². The van der Waals surface area contributed by atoms with Crippen LogP contribution in [0.1, 0.15) is 47.4 Å². The highest BCUT2D eigenvalue weighted by Crippen LogP contribution is 2.26. The number of aryl methyl sites for hydroxylation is 1. The molecule has 1 aliphatic heterocycles. The zero-order valence-corrected chi connectivity index (χ0v) is 15.9. The second-order valence-corrected chi connectivity index (χ2v) is 8.07. The van der Waals surface area contributed by atoms with Crippen molar-refractivity contribution < 1.29 is 4.79 Å². The maximum absolute atomic E-state index is 13.1. The highest BCUT2D eigenvalue weighted by atomic mass is 32.1. The van der Waals surface area contributed by atoms with Gasteiger partial charge in [-0.2, -0.15) is 0 Å². The van der Waals surface area contributed by atoms with E-state index in [9.17, 15) is 4.79 Å². The Bertz CT molecular complexity index is 738. The molecular weight excluding hydrogens is 332 g/mol. The average Bonchev–Trinajstić information content (AvgIpc) is 3.36. The van der Waals surface area contributed by atoms with Crippen LogP contribution in [0.15, 0.2) is 17.6 Å². The van der Waals surface area contributed by atoms with Crippen LogP contribution < -0.4 is 0 Å². The topological polar surface area (TPSA) is 41.4 Å². The van der Waals surface area contributed by atoms with Gasteiger partial charge >= 0.3 is 0 Å². The molecule has 2 fully saturated rings. The molecule has 0 radical (unpaired) electrons. The fraction of sp³-hybridized carbons (Fsp3) is 0.579. The van der Waals surface area contributed by atoms with E-state index >= 15 is 0 Å². The summed E-state index contributed by atoms with van der Waals surface area (Å²) < 4.78 is 2.09. The number of nitrogens with zero attached hydrogens (tertiary/aromatic N) is 4. The Hall–Kier alpha value is -1.66. The van der Waals surface area contributed by atoms with Crippen molar-refractivity contribution in [3.63, 3.8) is 0 Å². The number of carbonyl (C=O) groups excluding carboxylic acids is 1. The SMILES string of the molecule is Cc1cc(C(=O)N2CCN(C3CCCC3)CC2)c(C)n1-c1nccs1. The molecule has 2 aromatic rings. The largest absolute Gasteiger partial charge is 0.336 e. The van der Waals surface area contributed by atoms with Gasteiger partial charge in [-0.15, -0.1) is 11.3 Å². The van der Waals surface area contributed by atoms with E-state index in [0.717, 1.165) is 54.3 Å². The summed E-state index contributed by atoms with van der Waals surface area (Å²) in [6.45, 7) is 7.79. The molecule has 3 heterocycles. The summed E-state index contributed by atoms with van der Waals surface area (Å²) in [6.07, 6.45) is 7.22. The van der Waals surface area contributed by atoms with Gasteiger partial charge in [0.25, 0.3) is 5.91 Å². The second-order valence-electron chi connectivity index (χ2n) is 7.20. The van der Waals surface area contributed by atoms with E-state index in [1.807, 2.05) is 36.4 Å². The summed E-state index contributed by atoms with van der Waals surface area (Å²) in [4.78, 5) is 22.1. The van der Waals surface area contributed by atoms with E-state index < -0.39 is 0 Å². The van der Waals surface area contributed by atoms with Crippen molar-refractivity contribution in [2.24, 2.45) is 0 Å². The lowest BCUT2D eigenvalue weighted by Gasteiger charge is -2.38. The van der Waals surface area contributed by atoms with E-state index in [1.165, 1.54) is 25.7 Å². The number of hydrogen-bond acceptors (Lipinski definition) is 4. The van der Waals surface area contributed by atoms with Crippen LogP contribution in [0.2, 0.25) is 0 Å². The zero-order valence-electron chi connectivity index (χ0n) is 15.1. The van der Waals surface area contributed by atoms with Crippen LogP contribution in [-0.4, -0.2) is 57.5 Å². The number of hydrogen-bond donors (Lipinski definition) is 0. The summed E-state index contributed by atoms with van der Waals surface area (Å²) in [5.41, 5.74) is 2.89. The molecular formula is C19H26N4OS.